The van der Waals surface area contributed by atoms with Crippen LogP contribution < -0.4 is 5.56 Å². The van der Waals surface area contributed by atoms with Gasteiger partial charge in [-0.1, -0.05) is 60.7 Å². The fourth-order valence-electron chi connectivity index (χ4n) is 3.90. The van der Waals surface area contributed by atoms with Crippen LogP contribution in [-0.4, -0.2) is 28.6 Å². The molecule has 2 heterocycles. The number of nitriles is 1. The van der Waals surface area contributed by atoms with Crippen LogP contribution in [0.4, 0.5) is 4.79 Å². The highest BCUT2D eigenvalue weighted by Crippen LogP contribution is 2.31. The first-order chi connectivity index (χ1) is 16.3. The normalized spacial score (nSPS) is 16.5. The van der Waals surface area contributed by atoms with Crippen LogP contribution in [0.5, 0.6) is 0 Å². The number of rotatable bonds is 5. The molecule has 1 aromatic heterocycles. The average molecular weight is 458 g/mol. The van der Waals surface area contributed by atoms with E-state index < -0.39 is 5.41 Å². The molecule has 3 aromatic rings. The highest BCUT2D eigenvalue weighted by Gasteiger charge is 2.34. The summed E-state index contributed by atoms with van der Waals surface area (Å²) in [6.45, 7) is 6.29. The Hall–Kier alpha value is -3.85. The van der Waals surface area contributed by atoms with Gasteiger partial charge >= 0.3 is 6.09 Å². The summed E-state index contributed by atoms with van der Waals surface area (Å²) in [6, 6.07) is 25.4. The Morgan fingerprint density at radius 2 is 1.68 bits per heavy atom. The molecular formula is C28H31N3O3. The van der Waals surface area contributed by atoms with Crippen LogP contribution in [0.25, 0.3) is 11.1 Å². The molecule has 2 aromatic carbocycles. The molecule has 0 radical (unpaired) electrons. The largest absolute Gasteiger partial charge is 0.446 e. The molecule has 1 aliphatic heterocycles. The van der Waals surface area contributed by atoms with Gasteiger partial charge in [0.05, 0.1) is 17.5 Å². The summed E-state index contributed by atoms with van der Waals surface area (Å²) in [7, 11) is 0. The van der Waals surface area contributed by atoms with Gasteiger partial charge in [-0.05, 0) is 43.5 Å². The molecule has 0 bridgehead atoms. The molecule has 0 aliphatic carbocycles. The van der Waals surface area contributed by atoms with Crippen LogP contribution in [-0.2, 0) is 4.74 Å². The molecule has 1 saturated heterocycles. The van der Waals surface area contributed by atoms with Crippen molar-refractivity contribution in [2.75, 3.05) is 6.54 Å². The van der Waals surface area contributed by atoms with Gasteiger partial charge in [0, 0.05) is 31.6 Å². The lowest BCUT2D eigenvalue weighted by molar-refractivity contribution is 0.000797. The number of carbonyl (C=O) groups excluding carboxylic acids is 1. The zero-order chi connectivity index (χ0) is 24.6. The third-order valence-corrected chi connectivity index (χ3v) is 5.87. The lowest BCUT2D eigenvalue weighted by Crippen LogP contribution is -2.44. The molecule has 1 aliphatic rings. The third-order valence-electron chi connectivity index (χ3n) is 5.87. The second-order valence-corrected chi connectivity index (χ2v) is 9.08. The lowest BCUT2D eigenvalue weighted by Gasteiger charge is -2.37. The predicted octanol–water partition coefficient (Wildman–Crippen LogP) is 5.94. The molecule has 176 valence electrons. The minimum absolute atomic E-state index is 0.120. The maximum Gasteiger partial charge on any atom is 0.410 e. The van der Waals surface area contributed by atoms with Gasteiger partial charge in [-0.25, -0.2) is 4.79 Å². The minimum Gasteiger partial charge on any atom is -0.446 e. The number of aromatic amines is 1. The van der Waals surface area contributed by atoms with Gasteiger partial charge < -0.3 is 14.6 Å². The van der Waals surface area contributed by atoms with E-state index in [1.54, 1.807) is 17.2 Å². The van der Waals surface area contributed by atoms with Crippen LogP contribution in [0.1, 0.15) is 45.2 Å². The maximum atomic E-state index is 12.5. The van der Waals surface area contributed by atoms with E-state index in [2.05, 4.69) is 11.1 Å². The van der Waals surface area contributed by atoms with Crippen molar-refractivity contribution in [2.45, 2.75) is 45.8 Å². The minimum atomic E-state index is -0.506. The predicted molar refractivity (Wildman–Crippen MR) is 133 cm³/mol. The van der Waals surface area contributed by atoms with E-state index in [1.807, 2.05) is 87.5 Å². The molecule has 2 atom stereocenters. The van der Waals surface area contributed by atoms with Crippen molar-refractivity contribution in [2.24, 2.45) is 5.41 Å². The molecule has 6 nitrogen and oxygen atoms in total. The van der Waals surface area contributed by atoms with Gasteiger partial charge in [0.15, 0.2) is 0 Å². The number of benzene rings is 2. The van der Waals surface area contributed by atoms with E-state index >= 15 is 0 Å². The third kappa shape index (κ3) is 6.82. The van der Waals surface area contributed by atoms with E-state index in [-0.39, 0.29) is 23.8 Å². The topological polar surface area (TPSA) is 86.2 Å². The van der Waals surface area contributed by atoms with Crippen molar-refractivity contribution in [1.82, 2.24) is 9.88 Å². The van der Waals surface area contributed by atoms with Crippen molar-refractivity contribution >= 4 is 6.09 Å². The van der Waals surface area contributed by atoms with Crippen molar-refractivity contribution in [3.05, 3.63) is 94.9 Å². The van der Waals surface area contributed by atoms with Gasteiger partial charge in [-0.3, -0.25) is 4.79 Å². The molecule has 4 rings (SSSR count). The number of ether oxygens (including phenoxy) is 1. The second-order valence-electron chi connectivity index (χ2n) is 9.08. The Morgan fingerprint density at radius 1 is 1.06 bits per heavy atom. The zero-order valence-corrected chi connectivity index (χ0v) is 19.9. The molecule has 1 N–H and O–H groups in total. The fraction of sp³-hybridized carbons (Fsp3) is 0.321. The van der Waals surface area contributed by atoms with Crippen molar-refractivity contribution in [3.8, 4) is 17.2 Å². The van der Waals surface area contributed by atoms with Gasteiger partial charge in [0.1, 0.15) is 6.10 Å². The number of aromatic nitrogens is 1. The summed E-state index contributed by atoms with van der Waals surface area (Å²) in [5, 5.41) is 9.18. The Labute approximate surface area is 200 Å². The van der Waals surface area contributed by atoms with E-state index in [0.717, 1.165) is 16.7 Å². The average Bonchev–Trinajstić information content (AvgIpc) is 2.85. The van der Waals surface area contributed by atoms with Crippen LogP contribution in [0.3, 0.4) is 0 Å². The molecule has 0 saturated carbocycles. The quantitative estimate of drug-likeness (QED) is 0.514. The number of cyclic esters (lactones) is 1. The number of pyridine rings is 1. The van der Waals surface area contributed by atoms with Crippen LogP contribution in [0, 0.1) is 16.7 Å². The van der Waals surface area contributed by atoms with E-state index in [0.29, 0.717) is 19.4 Å². The van der Waals surface area contributed by atoms with Crippen LogP contribution in [0.2, 0.25) is 0 Å². The number of hydrogen-bond acceptors (Lipinski definition) is 4. The maximum absolute atomic E-state index is 12.5. The van der Waals surface area contributed by atoms with Crippen molar-refractivity contribution < 1.29 is 9.53 Å². The number of amides is 1. The number of nitrogens with zero attached hydrogens (tertiary/aromatic N) is 2. The highest BCUT2D eigenvalue weighted by atomic mass is 16.6. The van der Waals surface area contributed by atoms with Crippen molar-refractivity contribution in [1.29, 1.82) is 5.26 Å². The Morgan fingerprint density at radius 3 is 2.21 bits per heavy atom. The van der Waals surface area contributed by atoms with Gasteiger partial charge in [-0.2, -0.15) is 5.26 Å². The lowest BCUT2D eigenvalue weighted by atomic mass is 9.87. The number of hydrogen-bond donors (Lipinski definition) is 1. The molecule has 1 fully saturated rings. The zero-order valence-electron chi connectivity index (χ0n) is 19.9. The Kier molecular flexibility index (Phi) is 8.26. The first-order valence-corrected chi connectivity index (χ1v) is 11.5. The fourth-order valence-corrected chi connectivity index (χ4v) is 3.90. The smallest absolute Gasteiger partial charge is 0.410 e. The SMILES string of the molecule is CC(c1ccc(-c2cc[nH]c(=O)c2)cc1)N1CCC(CC(C)(C)C#N)OC1=O.c1ccccc1. The molecule has 6 heteroatoms. The van der Waals surface area contributed by atoms with Gasteiger partial charge in [0.25, 0.3) is 0 Å². The van der Waals surface area contributed by atoms with Gasteiger partial charge in [-0.15, -0.1) is 0 Å². The van der Waals surface area contributed by atoms with E-state index in [1.165, 1.54) is 0 Å². The summed E-state index contributed by atoms with van der Waals surface area (Å²) >= 11 is 0. The molecule has 34 heavy (non-hydrogen) atoms. The first-order valence-electron chi connectivity index (χ1n) is 11.5. The molecule has 2 unspecified atom stereocenters. The first kappa shape index (κ1) is 24.8. The summed E-state index contributed by atoms with van der Waals surface area (Å²) < 4.78 is 5.58. The van der Waals surface area contributed by atoms with E-state index in [4.69, 9.17) is 4.74 Å². The molecule has 1 amide bonds. The monoisotopic (exact) mass is 457 g/mol. The van der Waals surface area contributed by atoms with Crippen LogP contribution >= 0.6 is 0 Å². The highest BCUT2D eigenvalue weighted by molar-refractivity contribution is 5.69. The number of carbonyl (C=O) groups is 1. The standard InChI is InChI=1S/C22H25N3O3.C6H6/c1-15(25-11-9-19(28-21(25)27)13-22(2,3)14-23)16-4-6-17(7-5-16)18-8-10-24-20(26)12-18;1-2-4-6-5-3-1/h4-8,10,12,15,19H,9,11,13H2,1-3H3,(H,24,26);1-6H. The van der Waals surface area contributed by atoms with E-state index in [9.17, 15) is 14.9 Å². The van der Waals surface area contributed by atoms with Crippen molar-refractivity contribution in [3.63, 3.8) is 0 Å². The Balaban J connectivity index is 0.000000469. The Bertz CT molecular complexity index is 1140. The summed E-state index contributed by atoms with van der Waals surface area (Å²) in [5.41, 5.74) is 2.15. The summed E-state index contributed by atoms with van der Waals surface area (Å²) in [4.78, 5) is 28.3. The number of nitrogens with one attached hydrogen (secondary N) is 1. The number of H-pyrrole nitrogens is 1. The summed E-state index contributed by atoms with van der Waals surface area (Å²) in [5.74, 6) is 0. The molecular weight excluding hydrogens is 426 g/mol. The second kappa shape index (κ2) is 11.3. The summed E-state index contributed by atoms with van der Waals surface area (Å²) in [6.07, 6.45) is 2.33. The van der Waals surface area contributed by atoms with Gasteiger partial charge in [0.2, 0.25) is 5.56 Å². The molecule has 0 spiro atoms. The van der Waals surface area contributed by atoms with Crippen LogP contribution in [0.15, 0.2) is 83.8 Å².